The molecular formula is C12H22N2O11. The van der Waals surface area contributed by atoms with Crippen LogP contribution < -0.4 is 5.73 Å². The molecule has 0 radical (unpaired) electrons. The molecule has 0 fully saturated rings. The topological polar surface area (TPSA) is 239 Å². The molecule has 1 atom stereocenters. The number of carboxylic acids is 4. The van der Waals surface area contributed by atoms with Crippen LogP contribution in [0.15, 0.2) is 0 Å². The minimum absolute atomic E-state index is 0.147. The zero-order chi connectivity index (χ0) is 20.2. The quantitative estimate of drug-likeness (QED) is 0.164. The molecule has 0 rings (SSSR count). The number of carbonyl (C=O) groups is 4. The molecule has 0 aromatic rings. The van der Waals surface area contributed by atoms with Gasteiger partial charge in [-0.05, 0) is 0 Å². The summed E-state index contributed by atoms with van der Waals surface area (Å²) in [6.07, 6.45) is -3.45. The summed E-state index contributed by atoms with van der Waals surface area (Å²) in [7, 11) is 0. The van der Waals surface area contributed by atoms with Gasteiger partial charge in [0.15, 0.2) is 11.8 Å². The first-order chi connectivity index (χ1) is 11.4. The van der Waals surface area contributed by atoms with Gasteiger partial charge in [-0.25, -0.2) is 9.59 Å². The predicted octanol–water partition coefficient (Wildman–Crippen LogP) is -3.61. The zero-order valence-electron chi connectivity index (χ0n) is 13.1. The Kier molecular flexibility index (Phi) is 12.1. The summed E-state index contributed by atoms with van der Waals surface area (Å²) < 4.78 is 0. The summed E-state index contributed by atoms with van der Waals surface area (Å²) in [4.78, 5) is 42.1. The van der Waals surface area contributed by atoms with E-state index in [4.69, 9.17) is 41.5 Å². The first kappa shape index (κ1) is 24.9. The van der Waals surface area contributed by atoms with Crippen LogP contribution >= 0.6 is 0 Å². The number of aliphatic hydroxyl groups excluding tert-OH is 2. The Hall–Kier alpha value is -2.32. The van der Waals surface area contributed by atoms with Crippen LogP contribution in [-0.2, 0) is 19.2 Å². The summed E-state index contributed by atoms with van der Waals surface area (Å²) in [6.45, 7) is -0.0655. The van der Waals surface area contributed by atoms with Gasteiger partial charge in [0.25, 0.3) is 0 Å². The lowest BCUT2D eigenvalue weighted by Crippen LogP contribution is -2.49. The van der Waals surface area contributed by atoms with E-state index >= 15 is 0 Å². The lowest BCUT2D eigenvalue weighted by Gasteiger charge is -2.23. The van der Waals surface area contributed by atoms with Gasteiger partial charge in [0.1, 0.15) is 0 Å². The van der Waals surface area contributed by atoms with Crippen LogP contribution in [0.25, 0.3) is 0 Å². The highest BCUT2D eigenvalue weighted by molar-refractivity contribution is 5.88. The molecular weight excluding hydrogens is 348 g/mol. The Morgan fingerprint density at radius 2 is 1.24 bits per heavy atom. The van der Waals surface area contributed by atoms with Crippen LogP contribution in [-0.4, -0.2) is 103 Å². The van der Waals surface area contributed by atoms with E-state index in [0.717, 1.165) is 0 Å². The molecule has 0 spiro atoms. The summed E-state index contributed by atoms with van der Waals surface area (Å²) in [6, 6.07) is 0. The van der Waals surface area contributed by atoms with E-state index in [0.29, 0.717) is 0 Å². The third kappa shape index (κ3) is 11.0. The van der Waals surface area contributed by atoms with Crippen molar-refractivity contribution in [3.63, 3.8) is 0 Å². The maximum atomic E-state index is 10.4. The summed E-state index contributed by atoms with van der Waals surface area (Å²) in [5.41, 5.74) is 2.50. The predicted molar refractivity (Wildman–Crippen MR) is 78.4 cm³/mol. The molecule has 0 aliphatic carbocycles. The van der Waals surface area contributed by atoms with Crippen molar-refractivity contribution in [1.29, 1.82) is 0 Å². The zero-order valence-corrected chi connectivity index (χ0v) is 13.1. The average Bonchev–Trinajstić information content (AvgIpc) is 2.44. The number of carboxylic acid groups (broad SMARTS) is 4. The van der Waals surface area contributed by atoms with Gasteiger partial charge in [0, 0.05) is 13.1 Å². The highest BCUT2D eigenvalue weighted by Gasteiger charge is 2.40. The Morgan fingerprint density at radius 1 is 0.880 bits per heavy atom. The van der Waals surface area contributed by atoms with Crippen molar-refractivity contribution in [2.24, 2.45) is 5.73 Å². The van der Waals surface area contributed by atoms with Crippen LogP contribution in [0.3, 0.4) is 0 Å². The Bertz CT molecular complexity index is 446. The number of rotatable bonds is 11. The molecule has 13 heteroatoms. The lowest BCUT2D eigenvalue weighted by atomic mass is 9.96. The Labute approximate surface area is 141 Å². The normalized spacial score (nSPS) is 12.0. The molecule has 146 valence electrons. The largest absolute Gasteiger partial charge is 0.481 e. The van der Waals surface area contributed by atoms with Gasteiger partial charge in [-0.2, -0.15) is 0 Å². The molecule has 0 saturated heterocycles. The molecule has 13 nitrogen and oxygen atoms in total. The SMILES string of the molecule is NC(C(=O)O)N(CCO)CCO.O=C(O)CC(O)(CC(=O)O)C(=O)O. The molecule has 0 heterocycles. The van der Waals surface area contributed by atoms with Gasteiger partial charge in [0.05, 0.1) is 26.1 Å². The van der Waals surface area contributed by atoms with E-state index in [2.05, 4.69) is 0 Å². The van der Waals surface area contributed by atoms with Gasteiger partial charge in [0.2, 0.25) is 0 Å². The molecule has 1 unspecified atom stereocenters. The van der Waals surface area contributed by atoms with E-state index < -0.39 is 48.5 Å². The first-order valence-corrected chi connectivity index (χ1v) is 6.74. The van der Waals surface area contributed by atoms with E-state index in [1.807, 2.05) is 0 Å². The number of aliphatic carboxylic acids is 4. The van der Waals surface area contributed by atoms with Crippen molar-refractivity contribution in [2.75, 3.05) is 26.3 Å². The Balaban J connectivity index is 0. The first-order valence-electron chi connectivity index (χ1n) is 6.74. The molecule has 0 aliphatic heterocycles. The molecule has 0 aromatic carbocycles. The fourth-order valence-corrected chi connectivity index (χ4v) is 1.52. The summed E-state index contributed by atoms with van der Waals surface area (Å²) in [5, 5.41) is 59.3. The molecule has 0 aromatic heterocycles. The average molecular weight is 370 g/mol. The van der Waals surface area contributed by atoms with Crippen LogP contribution in [0.1, 0.15) is 12.8 Å². The van der Waals surface area contributed by atoms with Crippen molar-refractivity contribution in [1.82, 2.24) is 4.90 Å². The van der Waals surface area contributed by atoms with Crippen molar-refractivity contribution >= 4 is 23.9 Å². The van der Waals surface area contributed by atoms with Gasteiger partial charge in [-0.1, -0.05) is 0 Å². The number of aliphatic hydroxyl groups is 3. The van der Waals surface area contributed by atoms with Gasteiger partial charge in [-0.15, -0.1) is 0 Å². The molecule has 25 heavy (non-hydrogen) atoms. The summed E-state index contributed by atoms with van der Waals surface area (Å²) in [5.74, 6) is -6.19. The van der Waals surface area contributed by atoms with E-state index in [-0.39, 0.29) is 26.3 Å². The molecule has 0 aliphatic rings. The number of nitrogens with two attached hydrogens (primary N) is 1. The van der Waals surface area contributed by atoms with E-state index in [1.165, 1.54) is 4.90 Å². The standard InChI is InChI=1S/C6H14N2O4.C6H8O7/c7-5(6(11)12)8(1-3-9)2-4-10;7-3(8)1-6(13,5(11)12)2-4(9)10/h5,9-10H,1-4,7H2,(H,11,12);13H,1-2H2,(H,7,8)(H,9,10)(H,11,12). The van der Waals surface area contributed by atoms with E-state index in [1.54, 1.807) is 0 Å². The van der Waals surface area contributed by atoms with Crippen molar-refractivity contribution in [3.8, 4) is 0 Å². The monoisotopic (exact) mass is 370 g/mol. The maximum absolute atomic E-state index is 10.4. The van der Waals surface area contributed by atoms with Crippen LogP contribution in [0.5, 0.6) is 0 Å². The van der Waals surface area contributed by atoms with Crippen molar-refractivity contribution in [2.45, 2.75) is 24.6 Å². The molecule has 0 bridgehead atoms. The second-order valence-electron chi connectivity index (χ2n) is 4.74. The smallest absolute Gasteiger partial charge is 0.336 e. The minimum atomic E-state index is -2.74. The van der Waals surface area contributed by atoms with Crippen LogP contribution in [0.2, 0.25) is 0 Å². The second-order valence-corrected chi connectivity index (χ2v) is 4.74. The maximum Gasteiger partial charge on any atom is 0.336 e. The molecule has 0 amide bonds. The number of hydrogen-bond acceptors (Lipinski definition) is 9. The van der Waals surface area contributed by atoms with Crippen LogP contribution in [0, 0.1) is 0 Å². The van der Waals surface area contributed by atoms with Gasteiger partial charge < -0.3 is 41.5 Å². The Morgan fingerprint density at radius 3 is 1.44 bits per heavy atom. The fraction of sp³-hybridized carbons (Fsp3) is 0.667. The van der Waals surface area contributed by atoms with E-state index in [9.17, 15) is 19.2 Å². The highest BCUT2D eigenvalue weighted by Crippen LogP contribution is 2.15. The highest BCUT2D eigenvalue weighted by atomic mass is 16.4. The number of hydrogen-bond donors (Lipinski definition) is 8. The molecule has 9 N–H and O–H groups in total. The molecule has 0 saturated carbocycles. The van der Waals surface area contributed by atoms with Crippen LogP contribution in [0.4, 0.5) is 0 Å². The van der Waals surface area contributed by atoms with Gasteiger partial charge in [-0.3, -0.25) is 14.5 Å². The second kappa shape index (κ2) is 12.1. The fourth-order valence-electron chi connectivity index (χ4n) is 1.52. The lowest BCUT2D eigenvalue weighted by molar-refractivity contribution is -0.170. The summed E-state index contributed by atoms with van der Waals surface area (Å²) >= 11 is 0. The third-order valence-electron chi connectivity index (χ3n) is 2.71. The number of nitrogens with zero attached hydrogens (tertiary/aromatic N) is 1. The minimum Gasteiger partial charge on any atom is -0.481 e. The van der Waals surface area contributed by atoms with Crippen molar-refractivity contribution in [3.05, 3.63) is 0 Å². The van der Waals surface area contributed by atoms with Crippen molar-refractivity contribution < 1.29 is 54.9 Å². The van der Waals surface area contributed by atoms with Gasteiger partial charge >= 0.3 is 23.9 Å². The third-order valence-corrected chi connectivity index (χ3v) is 2.71.